The highest BCUT2D eigenvalue weighted by molar-refractivity contribution is 7.90. The summed E-state index contributed by atoms with van der Waals surface area (Å²) in [6.45, 7) is 0.569. The molecule has 2 N–H and O–H groups in total. The van der Waals surface area contributed by atoms with Gasteiger partial charge in [0, 0.05) is 18.7 Å². The summed E-state index contributed by atoms with van der Waals surface area (Å²) in [4.78, 5) is 10.2. The summed E-state index contributed by atoms with van der Waals surface area (Å²) >= 11 is 0. The second-order valence-corrected chi connectivity index (χ2v) is 5.97. The molecule has 0 radical (unpaired) electrons. The van der Waals surface area contributed by atoms with E-state index in [1.165, 1.54) is 24.3 Å². The number of nitro groups is 1. The van der Waals surface area contributed by atoms with Crippen molar-refractivity contribution in [1.29, 1.82) is 4.78 Å². The Hall–Kier alpha value is -1.47. The highest BCUT2D eigenvalue weighted by Gasteiger charge is 2.23. The Balaban J connectivity index is 2.11. The summed E-state index contributed by atoms with van der Waals surface area (Å²) in [5.74, 6) is 0.527. The highest BCUT2D eigenvalue weighted by Crippen LogP contribution is 2.28. The monoisotopic (exact) mass is 255 g/mol. The number of nitrogens with one attached hydrogen (secondary N) is 2. The van der Waals surface area contributed by atoms with Crippen LogP contribution in [0.4, 0.5) is 5.69 Å². The molecule has 1 fully saturated rings. The normalized spacial score (nSPS) is 18.6. The zero-order valence-corrected chi connectivity index (χ0v) is 9.90. The van der Waals surface area contributed by atoms with Crippen LogP contribution in [-0.2, 0) is 9.92 Å². The van der Waals surface area contributed by atoms with Crippen LogP contribution in [-0.4, -0.2) is 15.7 Å². The molecule has 1 aliphatic rings. The van der Waals surface area contributed by atoms with Crippen molar-refractivity contribution in [3.8, 4) is 0 Å². The Bertz CT molecular complexity index is 520. The molecular weight excluding hydrogens is 242 g/mol. The zero-order valence-electron chi connectivity index (χ0n) is 9.09. The fraction of sp³-hybridized carbons (Fsp3) is 0.400. The van der Waals surface area contributed by atoms with Crippen LogP contribution in [0.25, 0.3) is 0 Å². The van der Waals surface area contributed by atoms with Gasteiger partial charge >= 0.3 is 0 Å². The van der Waals surface area contributed by atoms with Gasteiger partial charge in [-0.1, -0.05) is 0 Å². The Kier molecular flexibility index (Phi) is 3.12. The van der Waals surface area contributed by atoms with Gasteiger partial charge in [0.2, 0.25) is 0 Å². The van der Waals surface area contributed by atoms with Crippen molar-refractivity contribution < 1.29 is 9.13 Å². The van der Waals surface area contributed by atoms with Crippen LogP contribution in [0.1, 0.15) is 12.8 Å². The van der Waals surface area contributed by atoms with E-state index in [-0.39, 0.29) is 10.6 Å². The minimum Gasteiger partial charge on any atom is -0.258 e. The summed E-state index contributed by atoms with van der Waals surface area (Å²) in [5, 5.41) is 10.5. The maximum Gasteiger partial charge on any atom is 0.269 e. The van der Waals surface area contributed by atoms with Gasteiger partial charge in [0.15, 0.2) is 0 Å². The molecule has 6 nitrogen and oxygen atoms in total. The van der Waals surface area contributed by atoms with E-state index in [2.05, 4.69) is 4.72 Å². The van der Waals surface area contributed by atoms with Crippen molar-refractivity contribution in [2.24, 2.45) is 5.92 Å². The Morgan fingerprint density at radius 3 is 2.47 bits per heavy atom. The molecule has 0 aliphatic heterocycles. The minimum atomic E-state index is -3.03. The molecule has 0 saturated heterocycles. The number of non-ortho nitro benzene ring substituents is 1. The third-order valence-electron chi connectivity index (χ3n) is 2.65. The molecule has 0 spiro atoms. The molecule has 0 heterocycles. The van der Waals surface area contributed by atoms with Gasteiger partial charge in [-0.25, -0.2) is 13.7 Å². The van der Waals surface area contributed by atoms with Crippen LogP contribution < -0.4 is 4.72 Å². The smallest absolute Gasteiger partial charge is 0.258 e. The maximum absolute atomic E-state index is 12.0. The maximum atomic E-state index is 12.0. The summed E-state index contributed by atoms with van der Waals surface area (Å²) < 4.78 is 22.4. The second-order valence-electron chi connectivity index (χ2n) is 4.10. The number of hydrogen-bond acceptors (Lipinski definition) is 4. The van der Waals surface area contributed by atoms with E-state index in [9.17, 15) is 14.3 Å². The second kappa shape index (κ2) is 4.42. The first kappa shape index (κ1) is 12.0. The van der Waals surface area contributed by atoms with Gasteiger partial charge in [-0.3, -0.25) is 10.1 Å². The van der Waals surface area contributed by atoms with Gasteiger partial charge in [-0.15, -0.1) is 0 Å². The lowest BCUT2D eigenvalue weighted by Crippen LogP contribution is -2.24. The molecule has 17 heavy (non-hydrogen) atoms. The number of nitrogens with zero attached hydrogens (tertiary/aromatic N) is 1. The van der Waals surface area contributed by atoms with Crippen LogP contribution in [0.3, 0.4) is 0 Å². The molecule has 2 rings (SSSR count). The highest BCUT2D eigenvalue weighted by atomic mass is 32.2. The van der Waals surface area contributed by atoms with Gasteiger partial charge < -0.3 is 0 Å². The molecule has 1 aromatic carbocycles. The van der Waals surface area contributed by atoms with Crippen LogP contribution in [0, 0.1) is 20.8 Å². The number of nitro benzene ring substituents is 1. The van der Waals surface area contributed by atoms with Crippen molar-refractivity contribution in [2.45, 2.75) is 17.7 Å². The van der Waals surface area contributed by atoms with Gasteiger partial charge in [0.1, 0.15) is 9.92 Å². The van der Waals surface area contributed by atoms with E-state index in [0.29, 0.717) is 12.5 Å². The molecule has 1 aromatic rings. The molecule has 0 bridgehead atoms. The lowest BCUT2D eigenvalue weighted by molar-refractivity contribution is -0.384. The largest absolute Gasteiger partial charge is 0.269 e. The molecule has 1 atom stereocenters. The van der Waals surface area contributed by atoms with E-state index >= 15 is 0 Å². The Morgan fingerprint density at radius 2 is 2.00 bits per heavy atom. The molecule has 0 aromatic heterocycles. The predicted octanol–water partition coefficient (Wildman–Crippen LogP) is 1.92. The van der Waals surface area contributed by atoms with Crippen LogP contribution in [0.2, 0.25) is 0 Å². The first-order valence-corrected chi connectivity index (χ1v) is 6.83. The first-order valence-electron chi connectivity index (χ1n) is 5.27. The summed E-state index contributed by atoms with van der Waals surface area (Å²) in [6.07, 6.45) is 2.23. The van der Waals surface area contributed by atoms with E-state index < -0.39 is 14.8 Å². The minimum absolute atomic E-state index is 0.0638. The molecule has 92 valence electrons. The Morgan fingerprint density at radius 1 is 1.41 bits per heavy atom. The molecule has 1 unspecified atom stereocenters. The SMILES string of the molecule is N=S(=O)(NCC1CC1)c1ccc([N+](=O)[O-])cc1. The number of benzene rings is 1. The zero-order chi connectivity index (χ0) is 12.5. The van der Waals surface area contributed by atoms with Crippen molar-refractivity contribution in [3.63, 3.8) is 0 Å². The van der Waals surface area contributed by atoms with Gasteiger partial charge in [0.05, 0.1) is 9.82 Å². The van der Waals surface area contributed by atoms with Gasteiger partial charge in [0.25, 0.3) is 5.69 Å². The molecule has 0 amide bonds. The summed E-state index contributed by atoms with van der Waals surface area (Å²) in [5.41, 5.74) is -0.0638. The molecule has 1 aliphatic carbocycles. The van der Waals surface area contributed by atoms with Crippen molar-refractivity contribution >= 4 is 15.6 Å². The van der Waals surface area contributed by atoms with Crippen LogP contribution in [0.5, 0.6) is 0 Å². The first-order chi connectivity index (χ1) is 7.99. The fourth-order valence-corrected chi connectivity index (χ4v) is 2.56. The van der Waals surface area contributed by atoms with Gasteiger partial charge in [-0.2, -0.15) is 0 Å². The van der Waals surface area contributed by atoms with E-state index in [4.69, 9.17) is 4.78 Å². The third kappa shape index (κ3) is 3.01. The van der Waals surface area contributed by atoms with Gasteiger partial charge in [-0.05, 0) is 30.9 Å². The van der Waals surface area contributed by atoms with E-state index in [1.807, 2.05) is 0 Å². The summed E-state index contributed by atoms with van der Waals surface area (Å²) in [6, 6.07) is 5.27. The molecular formula is C10H13N3O3S. The molecule has 1 saturated carbocycles. The van der Waals surface area contributed by atoms with Crippen molar-refractivity contribution in [3.05, 3.63) is 34.4 Å². The van der Waals surface area contributed by atoms with Crippen LogP contribution >= 0.6 is 0 Å². The van der Waals surface area contributed by atoms with Crippen molar-refractivity contribution in [2.75, 3.05) is 6.54 Å². The standard InChI is InChI=1S/C10H13N3O3S/c11-17(16,12-7-8-1-2-8)10-5-3-9(4-6-10)13(14)15/h3-6,8H,1-2,7H2,(H2,11,12,16). The number of hydrogen-bond donors (Lipinski definition) is 2. The third-order valence-corrected chi connectivity index (χ3v) is 4.16. The quantitative estimate of drug-likeness (QED) is 0.621. The summed E-state index contributed by atoms with van der Waals surface area (Å²) in [7, 11) is -3.03. The predicted molar refractivity (Wildman–Crippen MR) is 63.0 cm³/mol. The fourth-order valence-electron chi connectivity index (χ4n) is 1.40. The van der Waals surface area contributed by atoms with E-state index in [1.54, 1.807) is 0 Å². The van der Waals surface area contributed by atoms with Crippen molar-refractivity contribution in [1.82, 2.24) is 4.72 Å². The van der Waals surface area contributed by atoms with Crippen LogP contribution in [0.15, 0.2) is 29.2 Å². The molecule has 7 heteroatoms. The topological polar surface area (TPSA) is 96.1 Å². The average Bonchev–Trinajstić information content (AvgIpc) is 3.10. The lowest BCUT2D eigenvalue weighted by atomic mass is 10.3. The number of rotatable bonds is 5. The lowest BCUT2D eigenvalue weighted by Gasteiger charge is -2.08. The average molecular weight is 255 g/mol. The van der Waals surface area contributed by atoms with E-state index in [0.717, 1.165) is 12.8 Å². The Labute approximate surface area is 99.3 Å².